The Kier molecular flexibility index (Phi) is 6.60. The lowest BCUT2D eigenvalue weighted by atomic mass is 10.1. The summed E-state index contributed by atoms with van der Waals surface area (Å²) < 4.78 is 5.79. The second-order valence-corrected chi connectivity index (χ2v) is 8.64. The maximum absolute atomic E-state index is 13.2. The molecular formula is C24H28ClN3O3. The number of amides is 2. The van der Waals surface area contributed by atoms with Gasteiger partial charge in [-0.2, -0.15) is 0 Å². The molecule has 2 amide bonds. The number of imide groups is 1. The first kappa shape index (κ1) is 21.8. The fourth-order valence-corrected chi connectivity index (χ4v) is 4.54. The standard InChI is InChI=1S/C24H28ClN3O3/c1-17-4-3-5-18(2)23(17)28-22(29)16-21(24(28)30)27-12-10-26(11-13-27)14-15-31-20-8-6-19(25)7-9-20/h3-9,21H,10-16H2,1-2H3/t21-/m0/s1. The number of nitrogens with zero attached hydrogens (tertiary/aromatic N) is 3. The SMILES string of the molecule is Cc1cccc(C)c1N1C(=O)C[C@H](N2CCN(CCOc3ccc(Cl)cc3)CC2)C1=O. The van der Waals surface area contributed by atoms with E-state index in [0.29, 0.717) is 11.6 Å². The van der Waals surface area contributed by atoms with Crippen LogP contribution in [0.1, 0.15) is 17.5 Å². The molecule has 0 unspecified atom stereocenters. The molecule has 2 aromatic rings. The predicted molar refractivity (Wildman–Crippen MR) is 122 cm³/mol. The van der Waals surface area contributed by atoms with Crippen molar-refractivity contribution in [1.82, 2.24) is 9.80 Å². The summed E-state index contributed by atoms with van der Waals surface area (Å²) in [5, 5.41) is 0.694. The van der Waals surface area contributed by atoms with Gasteiger partial charge in [0.05, 0.1) is 18.2 Å². The zero-order chi connectivity index (χ0) is 22.0. The van der Waals surface area contributed by atoms with Gasteiger partial charge in [-0.1, -0.05) is 29.8 Å². The van der Waals surface area contributed by atoms with Crippen molar-refractivity contribution < 1.29 is 14.3 Å². The van der Waals surface area contributed by atoms with Gasteiger partial charge in [0, 0.05) is 37.7 Å². The molecular weight excluding hydrogens is 414 g/mol. The number of anilines is 1. The maximum atomic E-state index is 13.2. The molecule has 0 bridgehead atoms. The molecule has 7 heteroatoms. The molecule has 2 fully saturated rings. The zero-order valence-corrected chi connectivity index (χ0v) is 18.8. The minimum absolute atomic E-state index is 0.0954. The van der Waals surface area contributed by atoms with E-state index in [-0.39, 0.29) is 24.3 Å². The topological polar surface area (TPSA) is 53.1 Å². The largest absolute Gasteiger partial charge is 0.492 e. The van der Waals surface area contributed by atoms with Crippen molar-refractivity contribution in [3.8, 4) is 5.75 Å². The summed E-state index contributed by atoms with van der Waals surface area (Å²) in [6.45, 7) is 8.56. The van der Waals surface area contributed by atoms with Gasteiger partial charge < -0.3 is 4.74 Å². The minimum Gasteiger partial charge on any atom is -0.492 e. The molecule has 2 aromatic carbocycles. The molecule has 2 saturated heterocycles. The second kappa shape index (κ2) is 9.39. The lowest BCUT2D eigenvalue weighted by Crippen LogP contribution is -2.53. The number of hydrogen-bond acceptors (Lipinski definition) is 5. The Labute approximate surface area is 188 Å². The van der Waals surface area contributed by atoms with E-state index in [1.165, 1.54) is 4.90 Å². The normalized spacial score (nSPS) is 20.5. The van der Waals surface area contributed by atoms with Gasteiger partial charge in [-0.3, -0.25) is 19.4 Å². The molecule has 0 radical (unpaired) electrons. The zero-order valence-electron chi connectivity index (χ0n) is 18.0. The van der Waals surface area contributed by atoms with Crippen molar-refractivity contribution in [2.75, 3.05) is 44.2 Å². The van der Waals surface area contributed by atoms with E-state index >= 15 is 0 Å². The van der Waals surface area contributed by atoms with E-state index in [1.807, 2.05) is 56.3 Å². The Morgan fingerprint density at radius 1 is 0.968 bits per heavy atom. The molecule has 4 rings (SSSR count). The molecule has 31 heavy (non-hydrogen) atoms. The van der Waals surface area contributed by atoms with Crippen molar-refractivity contribution in [3.63, 3.8) is 0 Å². The Hall–Kier alpha value is -2.41. The van der Waals surface area contributed by atoms with Crippen molar-refractivity contribution in [1.29, 1.82) is 0 Å². The summed E-state index contributed by atoms with van der Waals surface area (Å²) >= 11 is 5.90. The van der Waals surface area contributed by atoms with Gasteiger partial charge in [0.15, 0.2) is 0 Å². The van der Waals surface area contributed by atoms with Gasteiger partial charge in [0.25, 0.3) is 5.91 Å². The quantitative estimate of drug-likeness (QED) is 0.644. The van der Waals surface area contributed by atoms with E-state index in [9.17, 15) is 9.59 Å². The fraction of sp³-hybridized carbons (Fsp3) is 0.417. The average Bonchev–Trinajstić information content (AvgIpc) is 3.04. The van der Waals surface area contributed by atoms with Crippen molar-refractivity contribution >= 4 is 29.1 Å². The third-order valence-corrected chi connectivity index (χ3v) is 6.38. The summed E-state index contributed by atoms with van der Waals surface area (Å²) in [5.41, 5.74) is 2.65. The lowest BCUT2D eigenvalue weighted by Gasteiger charge is -2.37. The molecule has 0 spiro atoms. The van der Waals surface area contributed by atoms with Gasteiger partial charge >= 0.3 is 0 Å². The molecule has 2 aliphatic rings. The number of aryl methyl sites for hydroxylation is 2. The minimum atomic E-state index is -0.362. The number of para-hydroxylation sites is 1. The van der Waals surface area contributed by atoms with Crippen LogP contribution >= 0.6 is 11.6 Å². The highest BCUT2D eigenvalue weighted by atomic mass is 35.5. The van der Waals surface area contributed by atoms with Crippen LogP contribution in [-0.4, -0.2) is 67.0 Å². The second-order valence-electron chi connectivity index (χ2n) is 8.21. The Balaban J connectivity index is 1.30. The first-order valence-corrected chi connectivity index (χ1v) is 11.1. The van der Waals surface area contributed by atoms with Crippen LogP contribution in [0, 0.1) is 13.8 Å². The number of benzene rings is 2. The van der Waals surface area contributed by atoms with Crippen molar-refractivity contribution in [2.24, 2.45) is 0 Å². The molecule has 0 aromatic heterocycles. The van der Waals surface area contributed by atoms with E-state index < -0.39 is 0 Å². The van der Waals surface area contributed by atoms with E-state index in [1.54, 1.807) is 0 Å². The number of carbonyl (C=O) groups excluding carboxylic acids is 2. The van der Waals surface area contributed by atoms with Gasteiger partial charge in [-0.05, 0) is 49.2 Å². The molecule has 6 nitrogen and oxygen atoms in total. The van der Waals surface area contributed by atoms with Crippen LogP contribution in [0.4, 0.5) is 5.69 Å². The summed E-state index contributed by atoms with van der Waals surface area (Å²) in [6.07, 6.45) is 0.256. The molecule has 0 saturated carbocycles. The maximum Gasteiger partial charge on any atom is 0.251 e. The van der Waals surface area contributed by atoms with Crippen LogP contribution in [0.5, 0.6) is 5.75 Å². The van der Waals surface area contributed by atoms with Crippen molar-refractivity contribution in [2.45, 2.75) is 26.3 Å². The first-order chi connectivity index (χ1) is 14.9. The summed E-state index contributed by atoms with van der Waals surface area (Å²) in [6, 6.07) is 12.8. The molecule has 2 aliphatic heterocycles. The van der Waals surface area contributed by atoms with E-state index in [0.717, 1.165) is 55.3 Å². The third-order valence-electron chi connectivity index (χ3n) is 6.12. The van der Waals surface area contributed by atoms with Crippen LogP contribution < -0.4 is 9.64 Å². The third kappa shape index (κ3) is 4.76. The Morgan fingerprint density at radius 2 is 1.61 bits per heavy atom. The lowest BCUT2D eigenvalue weighted by molar-refractivity contribution is -0.123. The Morgan fingerprint density at radius 3 is 2.26 bits per heavy atom. The molecule has 0 aliphatic carbocycles. The van der Waals surface area contributed by atoms with Crippen LogP contribution in [0.25, 0.3) is 0 Å². The number of ether oxygens (including phenoxy) is 1. The number of carbonyl (C=O) groups is 2. The smallest absolute Gasteiger partial charge is 0.251 e. The average molecular weight is 442 g/mol. The highest BCUT2D eigenvalue weighted by molar-refractivity contribution is 6.30. The Bertz CT molecular complexity index is 935. The monoisotopic (exact) mass is 441 g/mol. The predicted octanol–water partition coefficient (Wildman–Crippen LogP) is 3.29. The highest BCUT2D eigenvalue weighted by Crippen LogP contribution is 2.31. The highest BCUT2D eigenvalue weighted by Gasteiger charge is 2.44. The summed E-state index contributed by atoms with van der Waals surface area (Å²) in [4.78, 5) is 31.8. The molecule has 0 N–H and O–H groups in total. The molecule has 1 atom stereocenters. The van der Waals surface area contributed by atoms with Crippen molar-refractivity contribution in [3.05, 3.63) is 58.6 Å². The van der Waals surface area contributed by atoms with Gasteiger partial charge in [0.2, 0.25) is 5.91 Å². The number of piperazine rings is 1. The number of hydrogen-bond donors (Lipinski definition) is 0. The summed E-state index contributed by atoms with van der Waals surface area (Å²) in [5.74, 6) is 0.609. The number of rotatable bonds is 6. The summed E-state index contributed by atoms with van der Waals surface area (Å²) in [7, 11) is 0. The van der Waals surface area contributed by atoms with Crippen LogP contribution in [0.2, 0.25) is 5.02 Å². The fourth-order valence-electron chi connectivity index (χ4n) is 4.42. The van der Waals surface area contributed by atoms with Gasteiger partial charge in [0.1, 0.15) is 12.4 Å². The number of halogens is 1. The van der Waals surface area contributed by atoms with Crippen LogP contribution in [-0.2, 0) is 9.59 Å². The van der Waals surface area contributed by atoms with E-state index in [2.05, 4.69) is 9.80 Å². The van der Waals surface area contributed by atoms with E-state index in [4.69, 9.17) is 16.3 Å². The van der Waals surface area contributed by atoms with Gasteiger partial charge in [-0.15, -0.1) is 0 Å². The van der Waals surface area contributed by atoms with Crippen LogP contribution in [0.3, 0.4) is 0 Å². The van der Waals surface area contributed by atoms with Crippen LogP contribution in [0.15, 0.2) is 42.5 Å². The molecule has 164 valence electrons. The first-order valence-electron chi connectivity index (χ1n) is 10.7. The molecule has 2 heterocycles. The van der Waals surface area contributed by atoms with Gasteiger partial charge in [-0.25, -0.2) is 4.90 Å².